The highest BCUT2D eigenvalue weighted by atomic mass is 32.2. The number of rotatable bonds is 6. The summed E-state index contributed by atoms with van der Waals surface area (Å²) < 4.78 is 45.4. The van der Waals surface area contributed by atoms with Gasteiger partial charge in [-0.1, -0.05) is 0 Å². The highest BCUT2D eigenvalue weighted by molar-refractivity contribution is 7.89. The van der Waals surface area contributed by atoms with Crippen molar-refractivity contribution in [2.24, 2.45) is 0 Å². The van der Waals surface area contributed by atoms with E-state index in [0.717, 1.165) is 0 Å². The maximum atomic E-state index is 13.1. The van der Waals surface area contributed by atoms with Crippen LogP contribution in [0.2, 0.25) is 0 Å². The molecule has 22 heavy (non-hydrogen) atoms. The molecule has 0 saturated heterocycles. The molecule has 0 radical (unpaired) electrons. The van der Waals surface area contributed by atoms with E-state index in [9.17, 15) is 17.6 Å². The van der Waals surface area contributed by atoms with Gasteiger partial charge in [0.1, 0.15) is 11.4 Å². The molecule has 0 saturated carbocycles. The molecular formula is C14H16FNO5S. The van der Waals surface area contributed by atoms with Gasteiger partial charge in [-0.2, -0.15) is 0 Å². The summed E-state index contributed by atoms with van der Waals surface area (Å²) in [6, 6.07) is 4.92. The van der Waals surface area contributed by atoms with Gasteiger partial charge in [0.2, 0.25) is 5.09 Å². The van der Waals surface area contributed by atoms with E-state index in [2.05, 4.69) is 4.72 Å². The molecule has 6 nitrogen and oxygen atoms in total. The number of hydrogen-bond donors (Lipinski definition) is 2. The van der Waals surface area contributed by atoms with Gasteiger partial charge in [0, 0.05) is 23.4 Å². The van der Waals surface area contributed by atoms with E-state index in [0.29, 0.717) is 5.39 Å². The normalized spacial score (nSPS) is 12.7. The quantitative estimate of drug-likeness (QED) is 0.849. The third kappa shape index (κ3) is 3.83. The number of hydrogen-bond acceptors (Lipinski definition) is 4. The van der Waals surface area contributed by atoms with Crippen LogP contribution in [0.3, 0.4) is 0 Å². The highest BCUT2D eigenvalue weighted by Gasteiger charge is 2.29. The van der Waals surface area contributed by atoms with Crippen molar-refractivity contribution in [1.82, 2.24) is 4.72 Å². The number of carbonyl (C=O) groups is 1. The van der Waals surface area contributed by atoms with E-state index in [1.165, 1.54) is 24.3 Å². The molecule has 0 aliphatic heterocycles. The standard InChI is InChI=1S/C14H16FNO5S/c1-14(2,6-5-12(17)18)16-22(19,20)13-8-9-7-10(15)3-4-11(9)21-13/h3-4,7-8,16H,5-6H2,1-2H3,(H,17,18). The largest absolute Gasteiger partial charge is 0.481 e. The fourth-order valence-electron chi connectivity index (χ4n) is 2.01. The third-order valence-corrected chi connectivity index (χ3v) is 4.65. The number of sulfonamides is 1. The fourth-order valence-corrected chi connectivity index (χ4v) is 3.42. The van der Waals surface area contributed by atoms with Gasteiger partial charge in [-0.25, -0.2) is 17.5 Å². The topological polar surface area (TPSA) is 96.6 Å². The maximum absolute atomic E-state index is 13.1. The molecule has 1 aromatic heterocycles. The predicted molar refractivity (Wildman–Crippen MR) is 77.4 cm³/mol. The second kappa shape index (κ2) is 5.69. The molecule has 2 N–H and O–H groups in total. The highest BCUT2D eigenvalue weighted by Crippen LogP contribution is 2.25. The Balaban J connectivity index is 2.26. The lowest BCUT2D eigenvalue weighted by Gasteiger charge is -2.24. The summed E-state index contributed by atoms with van der Waals surface area (Å²) in [5, 5.41) is 8.68. The van der Waals surface area contributed by atoms with Crippen molar-refractivity contribution in [3.8, 4) is 0 Å². The molecule has 0 fully saturated rings. The van der Waals surface area contributed by atoms with E-state index in [1.54, 1.807) is 13.8 Å². The van der Waals surface area contributed by atoms with Gasteiger partial charge >= 0.3 is 5.97 Å². The first-order valence-electron chi connectivity index (χ1n) is 6.54. The minimum absolute atomic E-state index is 0.121. The van der Waals surface area contributed by atoms with Crippen molar-refractivity contribution in [3.05, 3.63) is 30.1 Å². The zero-order valence-electron chi connectivity index (χ0n) is 12.1. The lowest BCUT2D eigenvalue weighted by molar-refractivity contribution is -0.137. The maximum Gasteiger partial charge on any atom is 0.303 e. The fraction of sp³-hybridized carbons (Fsp3) is 0.357. The van der Waals surface area contributed by atoms with Crippen molar-refractivity contribution >= 4 is 27.0 Å². The minimum Gasteiger partial charge on any atom is -0.481 e. The molecule has 8 heteroatoms. The van der Waals surface area contributed by atoms with Gasteiger partial charge in [0.05, 0.1) is 0 Å². The van der Waals surface area contributed by atoms with Gasteiger partial charge in [-0.3, -0.25) is 4.79 Å². The Kier molecular flexibility index (Phi) is 4.25. The van der Waals surface area contributed by atoms with Crippen LogP contribution in [0.4, 0.5) is 4.39 Å². The van der Waals surface area contributed by atoms with Crippen LogP contribution in [0.25, 0.3) is 11.0 Å². The Morgan fingerprint density at radius 1 is 1.36 bits per heavy atom. The van der Waals surface area contributed by atoms with Crippen LogP contribution in [-0.4, -0.2) is 25.0 Å². The number of fused-ring (bicyclic) bond motifs is 1. The lowest BCUT2D eigenvalue weighted by Crippen LogP contribution is -2.43. The van der Waals surface area contributed by atoms with Crippen LogP contribution >= 0.6 is 0 Å². The number of benzene rings is 1. The van der Waals surface area contributed by atoms with Crippen molar-refractivity contribution in [1.29, 1.82) is 0 Å². The van der Waals surface area contributed by atoms with Gasteiger partial charge < -0.3 is 9.52 Å². The molecule has 120 valence electrons. The molecule has 1 heterocycles. The molecule has 0 atom stereocenters. The number of aliphatic carboxylic acids is 1. The number of furan rings is 1. The third-order valence-electron chi connectivity index (χ3n) is 3.10. The van der Waals surface area contributed by atoms with E-state index >= 15 is 0 Å². The van der Waals surface area contributed by atoms with Crippen LogP contribution < -0.4 is 4.72 Å². The first kappa shape index (κ1) is 16.4. The molecule has 0 aliphatic carbocycles. The van der Waals surface area contributed by atoms with Gasteiger partial charge in [-0.15, -0.1) is 0 Å². The average Bonchev–Trinajstić information content (AvgIpc) is 2.79. The Morgan fingerprint density at radius 3 is 2.68 bits per heavy atom. The average molecular weight is 329 g/mol. The Labute approximate surface area is 127 Å². The summed E-state index contributed by atoms with van der Waals surface area (Å²) in [6.45, 7) is 3.16. The summed E-state index contributed by atoms with van der Waals surface area (Å²) >= 11 is 0. The number of carboxylic acid groups (broad SMARTS) is 1. The van der Waals surface area contributed by atoms with Crippen molar-refractivity contribution in [2.75, 3.05) is 0 Å². The Hall–Kier alpha value is -1.93. The molecule has 1 aromatic carbocycles. The summed E-state index contributed by atoms with van der Waals surface area (Å²) in [5.41, 5.74) is -0.702. The first-order valence-corrected chi connectivity index (χ1v) is 8.02. The van der Waals surface area contributed by atoms with E-state index in [4.69, 9.17) is 9.52 Å². The first-order chi connectivity index (χ1) is 10.1. The molecular weight excluding hydrogens is 313 g/mol. The van der Waals surface area contributed by atoms with Crippen LogP contribution in [0.5, 0.6) is 0 Å². The molecule has 0 unspecified atom stereocenters. The van der Waals surface area contributed by atoms with Crippen LogP contribution in [0.15, 0.2) is 33.8 Å². The van der Waals surface area contributed by atoms with E-state index in [1.807, 2.05) is 0 Å². The number of halogens is 1. The van der Waals surface area contributed by atoms with Crippen molar-refractivity contribution < 1.29 is 27.1 Å². The summed E-state index contributed by atoms with van der Waals surface area (Å²) in [7, 11) is -3.97. The second-order valence-corrected chi connectivity index (χ2v) is 7.24. The van der Waals surface area contributed by atoms with Crippen LogP contribution in [0.1, 0.15) is 26.7 Å². The van der Waals surface area contributed by atoms with Gasteiger partial charge in [0.15, 0.2) is 0 Å². The van der Waals surface area contributed by atoms with Gasteiger partial charge in [-0.05, 0) is 38.5 Å². The van der Waals surface area contributed by atoms with Crippen LogP contribution in [0, 0.1) is 5.82 Å². The molecule has 2 aromatic rings. The van der Waals surface area contributed by atoms with Crippen molar-refractivity contribution in [2.45, 2.75) is 37.3 Å². The number of nitrogens with one attached hydrogen (secondary N) is 1. The number of carboxylic acids is 1. The molecule has 0 spiro atoms. The molecule has 0 amide bonds. The summed E-state index contributed by atoms with van der Waals surface area (Å²) in [4.78, 5) is 10.6. The Bertz CT molecular complexity index is 810. The summed E-state index contributed by atoms with van der Waals surface area (Å²) in [6.07, 6.45) is -0.0444. The SMILES string of the molecule is CC(C)(CCC(=O)O)NS(=O)(=O)c1cc2cc(F)ccc2o1. The molecule has 2 rings (SSSR count). The van der Waals surface area contributed by atoms with E-state index < -0.39 is 27.3 Å². The predicted octanol–water partition coefficient (Wildman–Crippen LogP) is 2.49. The molecule has 0 bridgehead atoms. The zero-order valence-corrected chi connectivity index (χ0v) is 12.9. The summed E-state index contributed by atoms with van der Waals surface area (Å²) in [5.74, 6) is -1.50. The smallest absolute Gasteiger partial charge is 0.303 e. The monoisotopic (exact) mass is 329 g/mol. The second-order valence-electron chi connectivity index (χ2n) is 5.63. The van der Waals surface area contributed by atoms with Crippen molar-refractivity contribution in [3.63, 3.8) is 0 Å². The van der Waals surface area contributed by atoms with Crippen LogP contribution in [-0.2, 0) is 14.8 Å². The zero-order chi connectivity index (χ0) is 16.5. The Morgan fingerprint density at radius 2 is 2.05 bits per heavy atom. The lowest BCUT2D eigenvalue weighted by atomic mass is 10.0. The van der Waals surface area contributed by atoms with Gasteiger partial charge in [0.25, 0.3) is 10.0 Å². The van der Waals surface area contributed by atoms with E-state index in [-0.39, 0.29) is 23.5 Å². The molecule has 0 aliphatic rings. The minimum atomic E-state index is -3.97.